The number of carbonyl (C=O) groups is 1. The summed E-state index contributed by atoms with van der Waals surface area (Å²) in [5.41, 5.74) is -0.361. The SMILES string of the molecule is C=C.CC(C)(C)OC(=O)N1CCCC1. The van der Waals surface area contributed by atoms with Crippen LogP contribution < -0.4 is 0 Å². The van der Waals surface area contributed by atoms with Crippen LogP contribution in [0.4, 0.5) is 4.79 Å². The van der Waals surface area contributed by atoms with Gasteiger partial charge in [0.25, 0.3) is 0 Å². The van der Waals surface area contributed by atoms with Crippen LogP contribution in [0.1, 0.15) is 33.6 Å². The molecule has 0 bridgehead atoms. The molecule has 1 aliphatic rings. The zero-order valence-electron chi connectivity index (χ0n) is 9.51. The minimum Gasteiger partial charge on any atom is -0.444 e. The Hall–Kier alpha value is -0.990. The number of rotatable bonds is 0. The van der Waals surface area contributed by atoms with E-state index >= 15 is 0 Å². The molecule has 1 rings (SSSR count). The van der Waals surface area contributed by atoms with E-state index in [-0.39, 0.29) is 11.7 Å². The lowest BCUT2D eigenvalue weighted by Crippen LogP contribution is -2.34. The van der Waals surface area contributed by atoms with Crippen molar-refractivity contribution in [1.29, 1.82) is 0 Å². The second-order valence-electron chi connectivity index (χ2n) is 4.17. The molecule has 0 radical (unpaired) electrons. The van der Waals surface area contributed by atoms with Gasteiger partial charge in [-0.05, 0) is 33.6 Å². The maximum absolute atomic E-state index is 11.4. The summed E-state index contributed by atoms with van der Waals surface area (Å²) in [6, 6.07) is 0. The number of likely N-dealkylation sites (tertiary alicyclic amines) is 1. The lowest BCUT2D eigenvalue weighted by atomic mass is 10.2. The third kappa shape index (κ3) is 4.90. The lowest BCUT2D eigenvalue weighted by Gasteiger charge is -2.23. The smallest absolute Gasteiger partial charge is 0.410 e. The molecule has 1 heterocycles. The topological polar surface area (TPSA) is 29.5 Å². The van der Waals surface area contributed by atoms with Crippen LogP contribution in [0, 0.1) is 0 Å². The molecule has 1 fully saturated rings. The lowest BCUT2D eigenvalue weighted by molar-refractivity contribution is 0.0295. The molecule has 3 nitrogen and oxygen atoms in total. The molecule has 0 unspecified atom stereocenters. The van der Waals surface area contributed by atoms with Gasteiger partial charge in [-0.15, -0.1) is 13.2 Å². The van der Waals surface area contributed by atoms with Crippen LogP contribution in [0.25, 0.3) is 0 Å². The first kappa shape index (κ1) is 13.0. The van der Waals surface area contributed by atoms with E-state index in [1.807, 2.05) is 20.8 Å². The van der Waals surface area contributed by atoms with Gasteiger partial charge in [-0.1, -0.05) is 0 Å². The monoisotopic (exact) mass is 199 g/mol. The normalized spacial score (nSPS) is 15.8. The maximum atomic E-state index is 11.4. The van der Waals surface area contributed by atoms with Gasteiger partial charge in [-0.3, -0.25) is 0 Å². The van der Waals surface area contributed by atoms with E-state index < -0.39 is 0 Å². The van der Waals surface area contributed by atoms with Gasteiger partial charge in [0, 0.05) is 13.1 Å². The van der Waals surface area contributed by atoms with Crippen molar-refractivity contribution in [3.63, 3.8) is 0 Å². The molecule has 0 spiro atoms. The third-order valence-electron chi connectivity index (χ3n) is 1.76. The Morgan fingerprint density at radius 1 is 1.21 bits per heavy atom. The van der Waals surface area contributed by atoms with Crippen molar-refractivity contribution in [3.8, 4) is 0 Å². The van der Waals surface area contributed by atoms with Gasteiger partial charge >= 0.3 is 6.09 Å². The first-order chi connectivity index (χ1) is 6.49. The zero-order valence-corrected chi connectivity index (χ0v) is 9.51. The average Bonchev–Trinajstić information content (AvgIpc) is 2.56. The van der Waals surface area contributed by atoms with Gasteiger partial charge in [-0.25, -0.2) is 4.79 Å². The molecule has 14 heavy (non-hydrogen) atoms. The van der Waals surface area contributed by atoms with Gasteiger partial charge in [0.1, 0.15) is 5.60 Å². The highest BCUT2D eigenvalue weighted by Gasteiger charge is 2.23. The number of ether oxygens (including phenoxy) is 1. The molecule has 3 heteroatoms. The highest BCUT2D eigenvalue weighted by molar-refractivity contribution is 5.68. The number of hydrogen-bond acceptors (Lipinski definition) is 2. The molecule has 0 saturated carbocycles. The first-order valence-corrected chi connectivity index (χ1v) is 4.97. The molecule has 82 valence electrons. The maximum Gasteiger partial charge on any atom is 0.410 e. The second kappa shape index (κ2) is 5.68. The van der Waals surface area contributed by atoms with Crippen LogP contribution in [-0.2, 0) is 4.74 Å². The summed E-state index contributed by atoms with van der Waals surface area (Å²) in [6.07, 6.45) is 2.05. The van der Waals surface area contributed by atoms with E-state index in [2.05, 4.69) is 13.2 Å². The van der Waals surface area contributed by atoms with Crippen LogP contribution >= 0.6 is 0 Å². The van der Waals surface area contributed by atoms with Crippen molar-refractivity contribution < 1.29 is 9.53 Å². The van der Waals surface area contributed by atoms with E-state index in [0.29, 0.717) is 0 Å². The molecule has 1 aliphatic heterocycles. The quantitative estimate of drug-likeness (QED) is 0.561. The van der Waals surface area contributed by atoms with Crippen LogP contribution in [0.15, 0.2) is 13.2 Å². The standard InChI is InChI=1S/C9H17NO2.C2H4/c1-9(2,3)12-8(11)10-6-4-5-7-10;1-2/h4-7H2,1-3H3;1-2H2. The minimum atomic E-state index is -0.361. The van der Waals surface area contributed by atoms with E-state index in [1.54, 1.807) is 4.90 Å². The number of amides is 1. The fourth-order valence-electron chi connectivity index (χ4n) is 1.23. The molecule has 1 amide bonds. The van der Waals surface area contributed by atoms with Crippen molar-refractivity contribution in [1.82, 2.24) is 4.90 Å². The Morgan fingerprint density at radius 3 is 2.00 bits per heavy atom. The molecule has 0 aromatic carbocycles. The Bertz CT molecular complexity index is 178. The highest BCUT2D eigenvalue weighted by atomic mass is 16.6. The summed E-state index contributed by atoms with van der Waals surface area (Å²) in [5.74, 6) is 0. The minimum absolute atomic E-state index is 0.167. The van der Waals surface area contributed by atoms with Crippen LogP contribution in [0.3, 0.4) is 0 Å². The van der Waals surface area contributed by atoms with Gasteiger partial charge in [0.15, 0.2) is 0 Å². The second-order valence-corrected chi connectivity index (χ2v) is 4.17. The number of carbonyl (C=O) groups excluding carboxylic acids is 1. The molecular formula is C11H21NO2. The molecule has 0 atom stereocenters. The van der Waals surface area contributed by atoms with Gasteiger partial charge in [0.05, 0.1) is 0 Å². The number of hydrogen-bond donors (Lipinski definition) is 0. The highest BCUT2D eigenvalue weighted by Crippen LogP contribution is 2.14. The summed E-state index contributed by atoms with van der Waals surface area (Å²) >= 11 is 0. The average molecular weight is 199 g/mol. The van der Waals surface area contributed by atoms with Crippen LogP contribution in [-0.4, -0.2) is 29.7 Å². The van der Waals surface area contributed by atoms with E-state index in [4.69, 9.17) is 4.74 Å². The number of nitrogens with zero attached hydrogens (tertiary/aromatic N) is 1. The first-order valence-electron chi connectivity index (χ1n) is 4.97. The predicted molar refractivity (Wildman–Crippen MR) is 58.3 cm³/mol. The zero-order chi connectivity index (χ0) is 11.2. The Morgan fingerprint density at radius 2 is 1.64 bits per heavy atom. The van der Waals surface area contributed by atoms with E-state index in [9.17, 15) is 4.79 Å². The summed E-state index contributed by atoms with van der Waals surface area (Å²) in [7, 11) is 0. The van der Waals surface area contributed by atoms with Crippen molar-refractivity contribution in [3.05, 3.63) is 13.2 Å². The molecule has 0 aromatic heterocycles. The van der Waals surface area contributed by atoms with Crippen molar-refractivity contribution in [2.24, 2.45) is 0 Å². The molecule has 0 N–H and O–H groups in total. The van der Waals surface area contributed by atoms with E-state index in [0.717, 1.165) is 25.9 Å². The van der Waals surface area contributed by atoms with Gasteiger partial charge < -0.3 is 9.64 Å². The summed E-state index contributed by atoms with van der Waals surface area (Å²) in [6.45, 7) is 13.4. The van der Waals surface area contributed by atoms with Crippen LogP contribution in [0.2, 0.25) is 0 Å². The van der Waals surface area contributed by atoms with Crippen molar-refractivity contribution in [2.75, 3.05) is 13.1 Å². The molecule has 0 aliphatic carbocycles. The van der Waals surface area contributed by atoms with E-state index in [1.165, 1.54) is 0 Å². The fraction of sp³-hybridized carbons (Fsp3) is 0.727. The molecule has 0 aromatic rings. The van der Waals surface area contributed by atoms with Gasteiger partial charge in [-0.2, -0.15) is 0 Å². The summed E-state index contributed by atoms with van der Waals surface area (Å²) < 4.78 is 5.21. The van der Waals surface area contributed by atoms with Gasteiger partial charge in [0.2, 0.25) is 0 Å². The Balaban J connectivity index is 0.000000791. The van der Waals surface area contributed by atoms with Crippen LogP contribution in [0.5, 0.6) is 0 Å². The Kier molecular flexibility index (Phi) is 5.28. The fourth-order valence-corrected chi connectivity index (χ4v) is 1.23. The largest absolute Gasteiger partial charge is 0.444 e. The Labute approximate surface area is 86.7 Å². The van der Waals surface area contributed by atoms with Crippen molar-refractivity contribution in [2.45, 2.75) is 39.2 Å². The molecule has 1 saturated heterocycles. The molecular weight excluding hydrogens is 178 g/mol. The van der Waals surface area contributed by atoms with Crippen molar-refractivity contribution >= 4 is 6.09 Å². The summed E-state index contributed by atoms with van der Waals surface area (Å²) in [4.78, 5) is 13.1. The third-order valence-corrected chi connectivity index (χ3v) is 1.76. The summed E-state index contributed by atoms with van der Waals surface area (Å²) in [5, 5.41) is 0. The predicted octanol–water partition coefficient (Wildman–Crippen LogP) is 2.82.